The van der Waals surface area contributed by atoms with E-state index in [1.165, 1.54) is 0 Å². The van der Waals surface area contributed by atoms with E-state index in [0.29, 0.717) is 17.2 Å². The fraction of sp³-hybridized carbons (Fsp3) is 0.818. The summed E-state index contributed by atoms with van der Waals surface area (Å²) in [4.78, 5) is 4.38. The zero-order valence-electron chi connectivity index (χ0n) is 10.3. The Kier molecular flexibility index (Phi) is 4.82. The smallest absolute Gasteiger partial charge is 0.228 e. The van der Waals surface area contributed by atoms with Crippen LogP contribution in [-0.4, -0.2) is 41.2 Å². The summed E-state index contributed by atoms with van der Waals surface area (Å²) in [6.45, 7) is 6.73. The van der Waals surface area contributed by atoms with Gasteiger partial charge in [-0.1, -0.05) is 19.0 Å². The maximum atomic E-state index is 5.38. The largest absolute Gasteiger partial charge is 0.378 e. The van der Waals surface area contributed by atoms with E-state index in [4.69, 9.17) is 9.26 Å². The Morgan fingerprint density at radius 1 is 1.53 bits per heavy atom. The minimum atomic E-state index is 0.301. The van der Waals surface area contributed by atoms with Crippen LogP contribution < -0.4 is 5.32 Å². The van der Waals surface area contributed by atoms with Gasteiger partial charge in [-0.3, -0.25) is 0 Å². The molecule has 6 heteroatoms. The van der Waals surface area contributed by atoms with Crippen molar-refractivity contribution in [3.05, 3.63) is 11.7 Å². The van der Waals surface area contributed by atoms with Crippen LogP contribution >= 0.6 is 11.8 Å². The lowest BCUT2D eigenvalue weighted by molar-refractivity contribution is 0.0744. The molecule has 0 spiro atoms. The number of ether oxygens (including phenoxy) is 1. The van der Waals surface area contributed by atoms with E-state index in [1.54, 1.807) is 0 Å². The lowest BCUT2D eigenvalue weighted by Gasteiger charge is -2.22. The van der Waals surface area contributed by atoms with Crippen LogP contribution in [0.1, 0.15) is 25.6 Å². The Balaban J connectivity index is 1.80. The summed E-state index contributed by atoms with van der Waals surface area (Å²) in [7, 11) is 0. The molecule has 1 N–H and O–H groups in total. The summed E-state index contributed by atoms with van der Waals surface area (Å²) in [6.07, 6.45) is 0.749. The third kappa shape index (κ3) is 4.29. The Hall–Kier alpha value is -0.590. The molecule has 1 atom stereocenters. The highest BCUT2D eigenvalue weighted by molar-refractivity contribution is 7.99. The molecule has 96 valence electrons. The third-order valence-electron chi connectivity index (χ3n) is 2.48. The summed E-state index contributed by atoms with van der Waals surface area (Å²) in [5, 5.41) is 7.94. The second-order valence-electron chi connectivity index (χ2n) is 4.39. The van der Waals surface area contributed by atoms with Gasteiger partial charge in [-0.25, -0.2) is 0 Å². The summed E-state index contributed by atoms with van der Waals surface area (Å²) >= 11 is 1.82. The molecule has 1 aliphatic heterocycles. The second-order valence-corrected chi connectivity index (χ2v) is 5.96. The molecule has 0 amide bonds. The van der Waals surface area contributed by atoms with Crippen molar-refractivity contribution in [2.75, 3.05) is 19.8 Å². The van der Waals surface area contributed by atoms with E-state index in [2.05, 4.69) is 29.3 Å². The second kappa shape index (κ2) is 6.37. The molecule has 1 aromatic rings. The van der Waals surface area contributed by atoms with Gasteiger partial charge in [0.2, 0.25) is 5.89 Å². The highest BCUT2D eigenvalue weighted by Gasteiger charge is 2.17. The Bertz CT molecular complexity index is 337. The maximum absolute atomic E-state index is 5.38. The zero-order valence-corrected chi connectivity index (χ0v) is 11.1. The first kappa shape index (κ1) is 12.9. The van der Waals surface area contributed by atoms with Gasteiger partial charge in [0.05, 0.1) is 19.0 Å². The van der Waals surface area contributed by atoms with Crippen molar-refractivity contribution < 1.29 is 9.26 Å². The molecular weight excluding hydrogens is 238 g/mol. The van der Waals surface area contributed by atoms with Crippen LogP contribution in [0.25, 0.3) is 0 Å². The van der Waals surface area contributed by atoms with Crippen LogP contribution in [0, 0.1) is 0 Å². The number of thioether (sulfide) groups is 1. The molecule has 0 aliphatic carbocycles. The van der Waals surface area contributed by atoms with Gasteiger partial charge < -0.3 is 14.6 Å². The average molecular weight is 257 g/mol. The summed E-state index contributed by atoms with van der Waals surface area (Å²) in [5.41, 5.74) is 0. The minimum Gasteiger partial charge on any atom is -0.378 e. The first-order chi connectivity index (χ1) is 8.24. The fourth-order valence-corrected chi connectivity index (χ4v) is 2.23. The standard InChI is InChI=1S/C11H19N3O2S/c1-8(2)17-7-10-13-11(16-14-10)5-9-6-15-4-3-12-9/h8-9,12H,3-7H2,1-2H3. The fourth-order valence-electron chi connectivity index (χ4n) is 1.63. The Morgan fingerprint density at radius 2 is 2.41 bits per heavy atom. The van der Waals surface area contributed by atoms with Gasteiger partial charge in [-0.05, 0) is 5.25 Å². The molecule has 1 fully saturated rings. The van der Waals surface area contributed by atoms with Crippen LogP contribution in [0.5, 0.6) is 0 Å². The van der Waals surface area contributed by atoms with Crippen LogP contribution in [0.2, 0.25) is 0 Å². The SMILES string of the molecule is CC(C)SCc1noc(CC2COCCN2)n1. The number of hydrogen-bond donors (Lipinski definition) is 1. The average Bonchev–Trinajstić information content (AvgIpc) is 2.75. The van der Waals surface area contributed by atoms with Crippen molar-refractivity contribution in [1.82, 2.24) is 15.5 Å². The Labute approximate surface area is 106 Å². The van der Waals surface area contributed by atoms with Crippen LogP contribution in [0.15, 0.2) is 4.52 Å². The molecule has 1 unspecified atom stereocenters. The normalized spacial score (nSPS) is 21.0. The van der Waals surface area contributed by atoms with Crippen LogP contribution in [-0.2, 0) is 16.9 Å². The number of aromatic nitrogens is 2. The summed E-state index contributed by atoms with van der Waals surface area (Å²) in [5.74, 6) is 2.30. The predicted octanol–water partition coefficient (Wildman–Crippen LogP) is 1.24. The molecule has 1 saturated heterocycles. The number of nitrogens with zero attached hydrogens (tertiary/aromatic N) is 2. The highest BCUT2D eigenvalue weighted by Crippen LogP contribution is 2.15. The zero-order chi connectivity index (χ0) is 12.1. The summed E-state index contributed by atoms with van der Waals surface area (Å²) in [6, 6.07) is 0.301. The number of morpholine rings is 1. The van der Waals surface area contributed by atoms with E-state index in [1.807, 2.05) is 11.8 Å². The van der Waals surface area contributed by atoms with Gasteiger partial charge in [-0.15, -0.1) is 0 Å². The molecule has 0 bridgehead atoms. The van der Waals surface area contributed by atoms with Gasteiger partial charge in [0.25, 0.3) is 0 Å². The van der Waals surface area contributed by atoms with E-state index < -0.39 is 0 Å². The highest BCUT2D eigenvalue weighted by atomic mass is 32.2. The van der Waals surface area contributed by atoms with Crippen LogP contribution in [0.4, 0.5) is 0 Å². The molecule has 5 nitrogen and oxygen atoms in total. The topological polar surface area (TPSA) is 60.2 Å². The van der Waals surface area contributed by atoms with Crippen molar-refractivity contribution in [3.63, 3.8) is 0 Å². The molecule has 17 heavy (non-hydrogen) atoms. The minimum absolute atomic E-state index is 0.301. The number of rotatable bonds is 5. The van der Waals surface area contributed by atoms with Gasteiger partial charge >= 0.3 is 0 Å². The van der Waals surface area contributed by atoms with Crippen molar-refractivity contribution in [2.45, 2.75) is 37.3 Å². The quantitative estimate of drug-likeness (QED) is 0.856. The monoisotopic (exact) mass is 257 g/mol. The van der Waals surface area contributed by atoms with E-state index >= 15 is 0 Å². The van der Waals surface area contributed by atoms with E-state index in [0.717, 1.165) is 37.8 Å². The number of nitrogens with one attached hydrogen (secondary N) is 1. The lowest BCUT2D eigenvalue weighted by atomic mass is 10.2. The molecule has 1 aromatic heterocycles. The number of hydrogen-bond acceptors (Lipinski definition) is 6. The van der Waals surface area contributed by atoms with Gasteiger partial charge in [-0.2, -0.15) is 16.7 Å². The van der Waals surface area contributed by atoms with Gasteiger partial charge in [0.15, 0.2) is 5.82 Å². The first-order valence-corrected chi connectivity index (χ1v) is 7.03. The van der Waals surface area contributed by atoms with E-state index in [9.17, 15) is 0 Å². The van der Waals surface area contributed by atoms with E-state index in [-0.39, 0.29) is 0 Å². The van der Waals surface area contributed by atoms with Crippen molar-refractivity contribution in [1.29, 1.82) is 0 Å². The molecule has 1 aliphatic rings. The molecule has 2 heterocycles. The molecule has 0 aromatic carbocycles. The summed E-state index contributed by atoms with van der Waals surface area (Å²) < 4.78 is 10.6. The third-order valence-corrected chi connectivity index (χ3v) is 3.57. The predicted molar refractivity (Wildman–Crippen MR) is 67.0 cm³/mol. The maximum Gasteiger partial charge on any atom is 0.228 e. The molecular formula is C11H19N3O2S. The van der Waals surface area contributed by atoms with Crippen molar-refractivity contribution in [3.8, 4) is 0 Å². The van der Waals surface area contributed by atoms with Crippen LogP contribution in [0.3, 0.4) is 0 Å². The lowest BCUT2D eigenvalue weighted by Crippen LogP contribution is -2.42. The molecule has 2 rings (SSSR count). The first-order valence-electron chi connectivity index (χ1n) is 5.98. The van der Waals surface area contributed by atoms with Gasteiger partial charge in [0.1, 0.15) is 0 Å². The van der Waals surface area contributed by atoms with Crippen molar-refractivity contribution >= 4 is 11.8 Å². The molecule has 0 radical (unpaired) electrons. The molecule has 0 saturated carbocycles. The Morgan fingerprint density at radius 3 is 3.12 bits per heavy atom. The van der Waals surface area contributed by atoms with Crippen molar-refractivity contribution in [2.24, 2.45) is 0 Å². The van der Waals surface area contributed by atoms with Gasteiger partial charge in [0, 0.05) is 19.0 Å².